The van der Waals surface area contributed by atoms with E-state index in [2.05, 4.69) is 47.2 Å². The Balaban J connectivity index is 2.23. The lowest BCUT2D eigenvalue weighted by atomic mass is 10.2. The Morgan fingerprint density at radius 1 is 1.10 bits per heavy atom. The standard InChI is InChI=1S/C15H23N5/c1-4-7-16-9-13-10-17-11-15(18-13)20-14(6-3)8-12(5-2)19-20/h8,10-11,16H,4-7,9H2,1-3H3. The lowest BCUT2D eigenvalue weighted by Gasteiger charge is -2.07. The van der Waals surface area contributed by atoms with Gasteiger partial charge < -0.3 is 5.32 Å². The molecule has 0 radical (unpaired) electrons. The van der Waals surface area contributed by atoms with Gasteiger partial charge in [0, 0.05) is 18.4 Å². The monoisotopic (exact) mass is 273 g/mol. The Bertz CT molecular complexity index is 547. The Morgan fingerprint density at radius 2 is 1.95 bits per heavy atom. The topological polar surface area (TPSA) is 55.6 Å². The molecule has 0 spiro atoms. The van der Waals surface area contributed by atoms with Crippen molar-refractivity contribution in [2.45, 2.75) is 46.6 Å². The quantitative estimate of drug-likeness (QED) is 0.786. The van der Waals surface area contributed by atoms with Crippen molar-refractivity contribution in [2.24, 2.45) is 0 Å². The molecule has 0 aliphatic heterocycles. The van der Waals surface area contributed by atoms with E-state index in [4.69, 9.17) is 0 Å². The number of aryl methyl sites for hydroxylation is 2. The highest BCUT2D eigenvalue weighted by Crippen LogP contribution is 2.12. The molecule has 2 rings (SSSR count). The Morgan fingerprint density at radius 3 is 2.65 bits per heavy atom. The molecule has 2 aromatic heterocycles. The summed E-state index contributed by atoms with van der Waals surface area (Å²) in [5.74, 6) is 0.803. The third-order valence-corrected chi connectivity index (χ3v) is 3.18. The van der Waals surface area contributed by atoms with E-state index < -0.39 is 0 Å². The zero-order chi connectivity index (χ0) is 14.4. The van der Waals surface area contributed by atoms with Gasteiger partial charge in [-0.3, -0.25) is 4.98 Å². The highest BCUT2D eigenvalue weighted by molar-refractivity contribution is 5.25. The van der Waals surface area contributed by atoms with Gasteiger partial charge in [0.2, 0.25) is 0 Å². The van der Waals surface area contributed by atoms with Gasteiger partial charge in [-0.25, -0.2) is 9.67 Å². The predicted octanol–water partition coefficient (Wildman–Crippen LogP) is 2.29. The van der Waals surface area contributed by atoms with Crippen LogP contribution >= 0.6 is 0 Å². The van der Waals surface area contributed by atoms with Gasteiger partial charge in [-0.1, -0.05) is 20.8 Å². The van der Waals surface area contributed by atoms with Crippen molar-refractivity contribution in [3.8, 4) is 5.82 Å². The van der Waals surface area contributed by atoms with Crippen LogP contribution in [0.25, 0.3) is 5.82 Å². The number of nitrogens with zero attached hydrogens (tertiary/aromatic N) is 4. The van der Waals surface area contributed by atoms with Crippen molar-refractivity contribution < 1.29 is 0 Å². The molecule has 0 saturated heterocycles. The minimum absolute atomic E-state index is 0.748. The second-order valence-electron chi connectivity index (χ2n) is 4.79. The molecule has 5 nitrogen and oxygen atoms in total. The molecule has 0 aliphatic carbocycles. The molecule has 0 saturated carbocycles. The zero-order valence-electron chi connectivity index (χ0n) is 12.6. The summed E-state index contributed by atoms with van der Waals surface area (Å²) in [7, 11) is 0. The van der Waals surface area contributed by atoms with Gasteiger partial charge in [0.1, 0.15) is 0 Å². The molecule has 5 heteroatoms. The second-order valence-corrected chi connectivity index (χ2v) is 4.79. The Kier molecular flexibility index (Phi) is 5.24. The first-order valence-corrected chi connectivity index (χ1v) is 7.38. The van der Waals surface area contributed by atoms with E-state index in [-0.39, 0.29) is 0 Å². The van der Waals surface area contributed by atoms with Gasteiger partial charge in [-0.2, -0.15) is 5.10 Å². The van der Waals surface area contributed by atoms with Gasteiger partial charge in [-0.15, -0.1) is 0 Å². The Labute approximate surface area is 120 Å². The first-order valence-electron chi connectivity index (χ1n) is 7.38. The van der Waals surface area contributed by atoms with Gasteiger partial charge >= 0.3 is 0 Å². The van der Waals surface area contributed by atoms with Crippen molar-refractivity contribution >= 4 is 0 Å². The molecule has 0 unspecified atom stereocenters. The normalized spacial score (nSPS) is 10.9. The molecule has 0 bridgehead atoms. The molecule has 2 aromatic rings. The summed E-state index contributed by atoms with van der Waals surface area (Å²) in [5, 5.41) is 7.94. The summed E-state index contributed by atoms with van der Waals surface area (Å²) in [6, 6.07) is 2.14. The fourth-order valence-electron chi connectivity index (χ4n) is 2.07. The molecule has 1 N–H and O–H groups in total. The van der Waals surface area contributed by atoms with Gasteiger partial charge in [0.15, 0.2) is 5.82 Å². The average molecular weight is 273 g/mol. The van der Waals surface area contributed by atoms with Crippen LogP contribution in [0.3, 0.4) is 0 Å². The number of hydrogen-bond donors (Lipinski definition) is 1. The van der Waals surface area contributed by atoms with E-state index in [0.29, 0.717) is 0 Å². The summed E-state index contributed by atoms with van der Waals surface area (Å²) in [4.78, 5) is 8.93. The van der Waals surface area contributed by atoms with E-state index in [1.807, 2.05) is 10.9 Å². The van der Waals surface area contributed by atoms with Crippen molar-refractivity contribution in [3.63, 3.8) is 0 Å². The minimum atomic E-state index is 0.748. The lowest BCUT2D eigenvalue weighted by molar-refractivity contribution is 0.656. The second kappa shape index (κ2) is 7.14. The molecule has 2 heterocycles. The van der Waals surface area contributed by atoms with Crippen LogP contribution in [0, 0.1) is 0 Å². The van der Waals surface area contributed by atoms with Crippen LogP contribution in [0.2, 0.25) is 0 Å². The maximum atomic E-state index is 4.65. The third-order valence-electron chi connectivity index (χ3n) is 3.18. The lowest BCUT2D eigenvalue weighted by Crippen LogP contribution is -2.16. The number of aromatic nitrogens is 4. The largest absolute Gasteiger partial charge is 0.311 e. The van der Waals surface area contributed by atoms with E-state index in [9.17, 15) is 0 Å². The third kappa shape index (κ3) is 3.42. The van der Waals surface area contributed by atoms with Crippen LogP contribution in [0.5, 0.6) is 0 Å². The van der Waals surface area contributed by atoms with Crippen LogP contribution in [0.4, 0.5) is 0 Å². The van der Waals surface area contributed by atoms with E-state index in [0.717, 1.165) is 49.6 Å². The molecule has 108 valence electrons. The molecule has 0 fully saturated rings. The van der Waals surface area contributed by atoms with Crippen LogP contribution in [0.1, 0.15) is 44.3 Å². The first kappa shape index (κ1) is 14.7. The molecular weight excluding hydrogens is 250 g/mol. The fourth-order valence-corrected chi connectivity index (χ4v) is 2.07. The SMILES string of the molecule is CCCNCc1cncc(-n2nc(CC)cc2CC)n1. The summed E-state index contributed by atoms with van der Waals surface area (Å²) in [5.41, 5.74) is 3.22. The van der Waals surface area contributed by atoms with Crippen molar-refractivity contribution in [1.82, 2.24) is 25.1 Å². The first-order chi connectivity index (χ1) is 9.78. The fraction of sp³-hybridized carbons (Fsp3) is 0.533. The molecule has 0 atom stereocenters. The van der Waals surface area contributed by atoms with E-state index in [1.54, 1.807) is 6.20 Å². The van der Waals surface area contributed by atoms with Crippen LogP contribution in [0.15, 0.2) is 18.5 Å². The Hall–Kier alpha value is -1.75. The van der Waals surface area contributed by atoms with Crippen molar-refractivity contribution in [1.29, 1.82) is 0 Å². The smallest absolute Gasteiger partial charge is 0.172 e. The summed E-state index contributed by atoms with van der Waals surface area (Å²) in [6.45, 7) is 8.14. The van der Waals surface area contributed by atoms with Gasteiger partial charge in [0.25, 0.3) is 0 Å². The number of hydrogen-bond acceptors (Lipinski definition) is 4. The van der Waals surface area contributed by atoms with E-state index in [1.165, 1.54) is 5.69 Å². The van der Waals surface area contributed by atoms with Crippen LogP contribution in [-0.4, -0.2) is 26.3 Å². The zero-order valence-corrected chi connectivity index (χ0v) is 12.6. The summed E-state index contributed by atoms with van der Waals surface area (Å²) < 4.78 is 1.91. The molecular formula is C15H23N5. The van der Waals surface area contributed by atoms with Crippen LogP contribution < -0.4 is 5.32 Å². The maximum Gasteiger partial charge on any atom is 0.172 e. The average Bonchev–Trinajstić information content (AvgIpc) is 2.91. The number of rotatable bonds is 7. The van der Waals surface area contributed by atoms with Crippen LogP contribution in [-0.2, 0) is 19.4 Å². The summed E-state index contributed by atoms with van der Waals surface area (Å²) in [6.07, 6.45) is 6.57. The molecule has 20 heavy (non-hydrogen) atoms. The summed E-state index contributed by atoms with van der Waals surface area (Å²) >= 11 is 0. The molecule has 0 aliphatic rings. The molecule has 0 aromatic carbocycles. The minimum Gasteiger partial charge on any atom is -0.311 e. The number of nitrogens with one attached hydrogen (secondary N) is 1. The highest BCUT2D eigenvalue weighted by Gasteiger charge is 2.09. The predicted molar refractivity (Wildman–Crippen MR) is 79.9 cm³/mol. The van der Waals surface area contributed by atoms with Gasteiger partial charge in [-0.05, 0) is 31.9 Å². The maximum absolute atomic E-state index is 4.65. The van der Waals surface area contributed by atoms with Crippen molar-refractivity contribution in [2.75, 3.05) is 6.54 Å². The van der Waals surface area contributed by atoms with Crippen molar-refractivity contribution in [3.05, 3.63) is 35.5 Å². The van der Waals surface area contributed by atoms with Gasteiger partial charge in [0.05, 0.1) is 17.6 Å². The molecule has 0 amide bonds. The highest BCUT2D eigenvalue weighted by atomic mass is 15.3. The van der Waals surface area contributed by atoms with E-state index >= 15 is 0 Å².